The van der Waals surface area contributed by atoms with Gasteiger partial charge in [-0.25, -0.2) is 10.8 Å². The van der Waals surface area contributed by atoms with E-state index >= 15 is 0 Å². The highest BCUT2D eigenvalue weighted by Crippen LogP contribution is 2.13. The van der Waals surface area contributed by atoms with Gasteiger partial charge in [0.25, 0.3) is 0 Å². The molecule has 18 heavy (non-hydrogen) atoms. The van der Waals surface area contributed by atoms with Crippen molar-refractivity contribution in [3.05, 3.63) is 0 Å². The van der Waals surface area contributed by atoms with Gasteiger partial charge in [0, 0.05) is 13.2 Å². The Morgan fingerprint density at radius 1 is 1.44 bits per heavy atom. The van der Waals surface area contributed by atoms with Crippen LogP contribution >= 0.6 is 0 Å². The summed E-state index contributed by atoms with van der Waals surface area (Å²) >= 11 is 0. The van der Waals surface area contributed by atoms with E-state index in [4.69, 9.17) is 10.6 Å². The maximum absolute atomic E-state index is 11.7. The maximum Gasteiger partial charge on any atom is 0.411 e. The van der Waals surface area contributed by atoms with Gasteiger partial charge >= 0.3 is 6.18 Å². The molecule has 0 saturated carbocycles. The Bertz CT molecular complexity index is 248. The molecule has 1 unspecified atom stereocenters. The van der Waals surface area contributed by atoms with E-state index in [1.54, 1.807) is 7.11 Å². The zero-order chi connectivity index (χ0) is 14.0. The van der Waals surface area contributed by atoms with Crippen molar-refractivity contribution in [2.24, 2.45) is 10.8 Å². The molecule has 9 heteroatoms. The molecular weight excluding hydrogens is 253 g/mol. The van der Waals surface area contributed by atoms with Crippen LogP contribution in [0.3, 0.4) is 0 Å². The molecule has 0 aromatic carbocycles. The third-order valence-electron chi connectivity index (χ3n) is 1.71. The molecule has 0 aliphatic carbocycles. The Labute approximate surface area is 104 Å². The minimum Gasteiger partial charge on any atom is -0.383 e. The average molecular weight is 272 g/mol. The number of alkyl halides is 3. The Morgan fingerprint density at radius 3 is 2.61 bits per heavy atom. The van der Waals surface area contributed by atoms with Gasteiger partial charge in [-0.3, -0.25) is 5.43 Å². The molecule has 0 bridgehead atoms. The van der Waals surface area contributed by atoms with Crippen molar-refractivity contribution in [2.45, 2.75) is 19.1 Å². The first-order valence-corrected chi connectivity index (χ1v) is 5.30. The van der Waals surface area contributed by atoms with Gasteiger partial charge in [0.1, 0.15) is 6.61 Å². The second-order valence-corrected chi connectivity index (χ2v) is 3.54. The van der Waals surface area contributed by atoms with Crippen LogP contribution in [0.2, 0.25) is 0 Å². The van der Waals surface area contributed by atoms with E-state index in [1.807, 2.05) is 6.92 Å². The van der Waals surface area contributed by atoms with Gasteiger partial charge in [-0.2, -0.15) is 13.2 Å². The second kappa shape index (κ2) is 8.95. The van der Waals surface area contributed by atoms with Crippen LogP contribution < -0.4 is 16.6 Å². The summed E-state index contributed by atoms with van der Waals surface area (Å²) in [5.74, 6) is 5.47. The van der Waals surface area contributed by atoms with Gasteiger partial charge < -0.3 is 14.8 Å². The van der Waals surface area contributed by atoms with Crippen LogP contribution in [-0.4, -0.2) is 51.7 Å². The predicted molar refractivity (Wildman–Crippen MR) is 61.0 cm³/mol. The molecule has 0 rings (SSSR count). The average Bonchev–Trinajstić information content (AvgIpc) is 2.25. The van der Waals surface area contributed by atoms with Crippen LogP contribution in [0.4, 0.5) is 13.2 Å². The van der Waals surface area contributed by atoms with Crippen molar-refractivity contribution < 1.29 is 22.6 Å². The van der Waals surface area contributed by atoms with Crippen LogP contribution in [0.5, 0.6) is 0 Å². The molecule has 0 aliphatic rings. The number of aliphatic imine (C=N–C) groups is 1. The Kier molecular flexibility index (Phi) is 8.42. The van der Waals surface area contributed by atoms with Crippen molar-refractivity contribution in [3.63, 3.8) is 0 Å². The fraction of sp³-hybridized carbons (Fsp3) is 0.889. The minimum atomic E-state index is -4.32. The summed E-state index contributed by atoms with van der Waals surface area (Å²) in [6, 6.07) is -0.0270. The van der Waals surface area contributed by atoms with Crippen molar-refractivity contribution in [3.8, 4) is 0 Å². The molecule has 0 radical (unpaired) electrons. The van der Waals surface area contributed by atoms with Gasteiger partial charge in [0.15, 0.2) is 0 Å². The molecule has 108 valence electrons. The topological polar surface area (TPSA) is 80.9 Å². The maximum atomic E-state index is 11.7. The van der Waals surface area contributed by atoms with Crippen molar-refractivity contribution in [2.75, 3.05) is 33.5 Å². The zero-order valence-corrected chi connectivity index (χ0v) is 10.4. The van der Waals surface area contributed by atoms with E-state index in [1.165, 1.54) is 0 Å². The van der Waals surface area contributed by atoms with Gasteiger partial charge in [-0.1, -0.05) is 0 Å². The molecule has 0 saturated heterocycles. The molecular formula is C9H19F3N4O2. The lowest BCUT2D eigenvalue weighted by Crippen LogP contribution is -2.47. The lowest BCUT2D eigenvalue weighted by atomic mass is 10.4. The van der Waals surface area contributed by atoms with Crippen LogP contribution in [-0.2, 0) is 9.47 Å². The quantitative estimate of drug-likeness (QED) is 0.200. The Morgan fingerprint density at radius 2 is 2.11 bits per heavy atom. The summed E-state index contributed by atoms with van der Waals surface area (Å²) in [5, 5.41) is 2.89. The van der Waals surface area contributed by atoms with Crippen molar-refractivity contribution in [1.29, 1.82) is 0 Å². The fourth-order valence-electron chi connectivity index (χ4n) is 1.07. The smallest absolute Gasteiger partial charge is 0.383 e. The third-order valence-corrected chi connectivity index (χ3v) is 1.71. The summed E-state index contributed by atoms with van der Waals surface area (Å²) in [6.45, 7) is 0.955. The molecule has 0 amide bonds. The van der Waals surface area contributed by atoms with Crippen molar-refractivity contribution in [1.82, 2.24) is 10.7 Å². The summed E-state index contributed by atoms with van der Waals surface area (Å²) in [7, 11) is 1.55. The van der Waals surface area contributed by atoms with Gasteiger partial charge in [-0.05, 0) is 6.92 Å². The van der Waals surface area contributed by atoms with Gasteiger partial charge in [0.05, 0.1) is 19.8 Å². The molecule has 1 atom stereocenters. The number of guanidine groups is 1. The Balaban J connectivity index is 3.84. The number of nitrogens with one attached hydrogen (secondary N) is 2. The number of hydrogen-bond acceptors (Lipinski definition) is 4. The number of nitrogens with zero attached hydrogens (tertiary/aromatic N) is 1. The standard InChI is InChI=1S/C9H19F3N4O2/c1-7(5-17-2)15-8(16-13)14-3-4-18-6-9(10,11)12/h7H,3-6,13H2,1-2H3,(H2,14,15,16). The molecule has 0 heterocycles. The number of rotatable bonds is 7. The number of halogens is 3. The minimum absolute atomic E-state index is 0.0270. The first kappa shape index (κ1) is 16.9. The third kappa shape index (κ3) is 10.1. The van der Waals surface area contributed by atoms with Crippen LogP contribution in [0, 0.1) is 0 Å². The van der Waals surface area contributed by atoms with E-state index < -0.39 is 12.8 Å². The summed E-state index contributed by atoms with van der Waals surface area (Å²) in [6.07, 6.45) is -4.32. The zero-order valence-electron chi connectivity index (χ0n) is 10.4. The van der Waals surface area contributed by atoms with Crippen LogP contribution in [0.1, 0.15) is 6.92 Å². The Hall–Kier alpha value is -1.06. The lowest BCUT2D eigenvalue weighted by Gasteiger charge is -2.15. The predicted octanol–water partition coefficient (Wildman–Crippen LogP) is 0.00910. The molecule has 0 fully saturated rings. The highest BCUT2D eigenvalue weighted by molar-refractivity contribution is 5.79. The molecule has 0 spiro atoms. The number of nitrogens with two attached hydrogens (primary N) is 1. The van der Waals surface area contributed by atoms with E-state index in [0.717, 1.165) is 0 Å². The lowest BCUT2D eigenvalue weighted by molar-refractivity contribution is -0.173. The number of hydrazine groups is 1. The fourth-order valence-corrected chi connectivity index (χ4v) is 1.07. The monoisotopic (exact) mass is 272 g/mol. The van der Waals surface area contributed by atoms with Gasteiger partial charge in [0.2, 0.25) is 5.96 Å². The highest BCUT2D eigenvalue weighted by atomic mass is 19.4. The molecule has 6 nitrogen and oxygen atoms in total. The normalized spacial score (nSPS) is 14.4. The largest absolute Gasteiger partial charge is 0.411 e. The van der Waals surface area contributed by atoms with E-state index in [2.05, 4.69) is 20.5 Å². The number of ether oxygens (including phenoxy) is 2. The molecule has 0 aromatic heterocycles. The molecule has 0 aromatic rings. The summed E-state index contributed by atoms with van der Waals surface area (Å²) in [5.41, 5.74) is 2.30. The second-order valence-electron chi connectivity index (χ2n) is 3.54. The van der Waals surface area contributed by atoms with Crippen LogP contribution in [0.25, 0.3) is 0 Å². The first-order chi connectivity index (χ1) is 8.39. The SMILES string of the molecule is COCC(C)NC(=NCCOCC(F)(F)F)NN. The van der Waals surface area contributed by atoms with E-state index in [9.17, 15) is 13.2 Å². The van der Waals surface area contributed by atoms with E-state index in [-0.39, 0.29) is 25.2 Å². The van der Waals surface area contributed by atoms with E-state index in [0.29, 0.717) is 6.61 Å². The molecule has 0 aliphatic heterocycles. The summed E-state index contributed by atoms with van der Waals surface area (Å²) < 4.78 is 44.5. The van der Waals surface area contributed by atoms with Crippen molar-refractivity contribution >= 4 is 5.96 Å². The van der Waals surface area contributed by atoms with Crippen LogP contribution in [0.15, 0.2) is 4.99 Å². The first-order valence-electron chi connectivity index (χ1n) is 5.30. The molecule has 4 N–H and O–H groups in total. The number of methoxy groups -OCH3 is 1. The summed E-state index contributed by atoms with van der Waals surface area (Å²) in [4.78, 5) is 3.91. The number of hydrogen-bond donors (Lipinski definition) is 3. The highest BCUT2D eigenvalue weighted by Gasteiger charge is 2.27. The van der Waals surface area contributed by atoms with Gasteiger partial charge in [-0.15, -0.1) is 0 Å².